The van der Waals surface area contributed by atoms with Gasteiger partial charge in [-0.1, -0.05) is 0 Å². The first-order valence-electron chi connectivity index (χ1n) is 4.20. The minimum Gasteiger partial charge on any atom is -0.326 e. The van der Waals surface area contributed by atoms with Crippen molar-refractivity contribution in [3.05, 3.63) is 14.7 Å². The van der Waals surface area contributed by atoms with Crippen LogP contribution in [0.4, 0.5) is 13.2 Å². The highest BCUT2D eigenvalue weighted by Gasteiger charge is 2.31. The fraction of sp³-hybridized carbons (Fsp3) is 0.429. The Morgan fingerprint density at radius 3 is 2.47 bits per heavy atom. The van der Waals surface area contributed by atoms with Gasteiger partial charge in [-0.3, -0.25) is 0 Å². The molecule has 17 heavy (non-hydrogen) atoms. The maximum atomic E-state index is 11.9. The van der Waals surface area contributed by atoms with Crippen molar-refractivity contribution in [2.75, 3.05) is 6.54 Å². The monoisotopic (exact) mass is 352 g/mol. The van der Waals surface area contributed by atoms with Gasteiger partial charge in [0.2, 0.25) is 10.0 Å². The molecule has 0 saturated heterocycles. The fourth-order valence-electron chi connectivity index (χ4n) is 0.936. The lowest BCUT2D eigenvalue weighted by molar-refractivity contribution is -0.121. The number of sulfonamides is 1. The van der Waals surface area contributed by atoms with Crippen LogP contribution in [0, 0.1) is 0 Å². The van der Waals surface area contributed by atoms with E-state index in [1.807, 2.05) is 0 Å². The van der Waals surface area contributed by atoms with Crippen LogP contribution >= 0.6 is 27.3 Å². The minimum absolute atomic E-state index is 0.123. The summed E-state index contributed by atoms with van der Waals surface area (Å²) < 4.78 is 60.6. The number of thiophene rings is 1. The Bertz CT molecular complexity index is 498. The number of alkyl halides is 3. The Labute approximate surface area is 108 Å². The summed E-state index contributed by atoms with van der Waals surface area (Å²) in [5.41, 5.74) is 5.31. The van der Waals surface area contributed by atoms with E-state index in [9.17, 15) is 21.6 Å². The molecule has 98 valence electrons. The SMILES string of the molecule is NCc1cc(S(=O)(=O)NCC(F)(F)F)c(Br)s1. The van der Waals surface area contributed by atoms with E-state index in [4.69, 9.17) is 5.73 Å². The molecule has 0 spiro atoms. The summed E-state index contributed by atoms with van der Waals surface area (Å²) in [4.78, 5) is 0.330. The Morgan fingerprint density at radius 2 is 2.06 bits per heavy atom. The van der Waals surface area contributed by atoms with Crippen LogP contribution in [0.3, 0.4) is 0 Å². The van der Waals surface area contributed by atoms with Crippen LogP contribution in [0.5, 0.6) is 0 Å². The molecular weight excluding hydrogens is 345 g/mol. The third-order valence-corrected chi connectivity index (χ3v) is 5.34. The first-order chi connectivity index (χ1) is 7.65. The van der Waals surface area contributed by atoms with E-state index in [1.54, 1.807) is 0 Å². The lowest BCUT2D eigenvalue weighted by Crippen LogP contribution is -2.33. The highest BCUT2D eigenvalue weighted by atomic mass is 79.9. The second-order valence-corrected chi connectivity index (χ2v) is 7.18. The predicted octanol–water partition coefficient (Wildman–Crippen LogP) is 1.81. The van der Waals surface area contributed by atoms with Gasteiger partial charge in [-0.15, -0.1) is 11.3 Å². The maximum Gasteiger partial charge on any atom is 0.402 e. The number of nitrogens with one attached hydrogen (secondary N) is 1. The zero-order chi connectivity index (χ0) is 13.3. The quantitative estimate of drug-likeness (QED) is 0.867. The second kappa shape index (κ2) is 5.22. The molecule has 1 aromatic heterocycles. The summed E-state index contributed by atoms with van der Waals surface area (Å²) >= 11 is 4.04. The van der Waals surface area contributed by atoms with E-state index < -0.39 is 22.7 Å². The molecule has 0 aliphatic carbocycles. The summed E-state index contributed by atoms with van der Waals surface area (Å²) in [6.07, 6.45) is -4.59. The van der Waals surface area contributed by atoms with E-state index in [2.05, 4.69) is 15.9 Å². The zero-order valence-corrected chi connectivity index (χ0v) is 11.4. The van der Waals surface area contributed by atoms with Crippen LogP contribution in [0.1, 0.15) is 4.88 Å². The molecule has 0 aliphatic heterocycles. The van der Waals surface area contributed by atoms with E-state index in [0.717, 1.165) is 11.3 Å². The van der Waals surface area contributed by atoms with Crippen LogP contribution < -0.4 is 10.5 Å². The van der Waals surface area contributed by atoms with Crippen LogP contribution in [0.2, 0.25) is 0 Å². The van der Waals surface area contributed by atoms with Gasteiger partial charge in [0.25, 0.3) is 0 Å². The molecule has 0 unspecified atom stereocenters. The first kappa shape index (κ1) is 14.9. The van der Waals surface area contributed by atoms with Gasteiger partial charge in [-0.05, 0) is 22.0 Å². The molecule has 0 bridgehead atoms. The summed E-state index contributed by atoms with van der Waals surface area (Å²) in [6.45, 7) is -1.48. The molecule has 0 aromatic carbocycles. The summed E-state index contributed by atoms with van der Waals surface area (Å²) in [7, 11) is -4.18. The Kier molecular flexibility index (Phi) is 4.58. The number of hydrogen-bond acceptors (Lipinski definition) is 4. The largest absolute Gasteiger partial charge is 0.402 e. The molecule has 0 amide bonds. The van der Waals surface area contributed by atoms with Crippen molar-refractivity contribution < 1.29 is 21.6 Å². The topological polar surface area (TPSA) is 72.2 Å². The van der Waals surface area contributed by atoms with Crippen LogP contribution in [0.15, 0.2) is 14.7 Å². The molecule has 3 N–H and O–H groups in total. The van der Waals surface area contributed by atoms with Crippen molar-refractivity contribution in [1.29, 1.82) is 0 Å². The number of nitrogens with two attached hydrogens (primary N) is 1. The second-order valence-electron chi connectivity index (χ2n) is 2.99. The third kappa shape index (κ3) is 4.21. The third-order valence-electron chi connectivity index (χ3n) is 1.66. The highest BCUT2D eigenvalue weighted by molar-refractivity contribution is 9.11. The molecular formula is C7H8BrF3N2O2S2. The van der Waals surface area contributed by atoms with Crippen LogP contribution in [-0.2, 0) is 16.6 Å². The Hall–Kier alpha value is -0.160. The average molecular weight is 353 g/mol. The van der Waals surface area contributed by atoms with Crippen molar-refractivity contribution in [1.82, 2.24) is 4.72 Å². The van der Waals surface area contributed by atoms with E-state index >= 15 is 0 Å². The molecule has 0 saturated carbocycles. The van der Waals surface area contributed by atoms with Crippen molar-refractivity contribution >= 4 is 37.3 Å². The first-order valence-corrected chi connectivity index (χ1v) is 7.29. The van der Waals surface area contributed by atoms with Gasteiger partial charge in [-0.25, -0.2) is 13.1 Å². The summed E-state index contributed by atoms with van der Waals surface area (Å²) in [5, 5.41) is 0. The lowest BCUT2D eigenvalue weighted by atomic mass is 10.5. The number of halogens is 4. The lowest BCUT2D eigenvalue weighted by Gasteiger charge is -2.08. The van der Waals surface area contributed by atoms with Crippen molar-refractivity contribution in [2.45, 2.75) is 17.6 Å². The molecule has 0 fully saturated rings. The predicted molar refractivity (Wildman–Crippen MR) is 61.2 cm³/mol. The fourth-order valence-corrected chi connectivity index (χ4v) is 4.51. The molecule has 1 aromatic rings. The van der Waals surface area contributed by atoms with Gasteiger partial charge in [0.1, 0.15) is 11.4 Å². The van der Waals surface area contributed by atoms with Gasteiger partial charge in [0.15, 0.2) is 0 Å². The van der Waals surface area contributed by atoms with Gasteiger partial charge < -0.3 is 5.73 Å². The minimum atomic E-state index is -4.59. The summed E-state index contributed by atoms with van der Waals surface area (Å²) in [6, 6.07) is 1.24. The van der Waals surface area contributed by atoms with Crippen LogP contribution in [0.25, 0.3) is 0 Å². The normalized spacial score (nSPS) is 13.0. The Morgan fingerprint density at radius 1 is 1.47 bits per heavy atom. The van der Waals surface area contributed by atoms with E-state index in [1.165, 1.54) is 10.8 Å². The molecule has 0 atom stereocenters. The maximum absolute atomic E-state index is 11.9. The van der Waals surface area contributed by atoms with E-state index in [-0.39, 0.29) is 15.2 Å². The Balaban J connectivity index is 2.93. The van der Waals surface area contributed by atoms with Gasteiger partial charge in [0, 0.05) is 11.4 Å². The van der Waals surface area contributed by atoms with Crippen molar-refractivity contribution in [2.24, 2.45) is 5.73 Å². The smallest absolute Gasteiger partial charge is 0.326 e. The molecule has 0 aliphatic rings. The summed E-state index contributed by atoms with van der Waals surface area (Å²) in [5.74, 6) is 0. The highest BCUT2D eigenvalue weighted by Crippen LogP contribution is 2.31. The average Bonchev–Trinajstić information content (AvgIpc) is 2.57. The molecule has 1 heterocycles. The molecule has 1 rings (SSSR count). The number of hydrogen-bond donors (Lipinski definition) is 2. The van der Waals surface area contributed by atoms with Gasteiger partial charge in [0.05, 0.1) is 3.79 Å². The van der Waals surface area contributed by atoms with E-state index in [0.29, 0.717) is 4.88 Å². The van der Waals surface area contributed by atoms with Crippen molar-refractivity contribution in [3.8, 4) is 0 Å². The molecule has 4 nitrogen and oxygen atoms in total. The standard InChI is InChI=1S/C7H8BrF3N2O2S2/c8-6-5(1-4(2-12)16-6)17(14,15)13-3-7(9,10)11/h1,13H,2-3,12H2. The molecule has 10 heteroatoms. The van der Waals surface area contributed by atoms with Gasteiger partial charge >= 0.3 is 6.18 Å². The van der Waals surface area contributed by atoms with Crippen molar-refractivity contribution in [3.63, 3.8) is 0 Å². The van der Waals surface area contributed by atoms with Gasteiger partial charge in [-0.2, -0.15) is 13.2 Å². The van der Waals surface area contributed by atoms with Crippen LogP contribution in [-0.4, -0.2) is 21.1 Å². The molecule has 0 radical (unpaired) electrons. The number of rotatable bonds is 4. The zero-order valence-electron chi connectivity index (χ0n) is 8.21.